The van der Waals surface area contributed by atoms with E-state index >= 15 is 0 Å². The van der Waals surface area contributed by atoms with Crippen LogP contribution in [0.2, 0.25) is 0 Å². The van der Waals surface area contributed by atoms with Crippen LogP contribution in [0, 0.1) is 0 Å². The van der Waals surface area contributed by atoms with Gasteiger partial charge in [-0.05, 0) is 39.7 Å². The van der Waals surface area contributed by atoms with Crippen LogP contribution in [0.15, 0.2) is 0 Å². The van der Waals surface area contributed by atoms with Gasteiger partial charge in [-0.15, -0.1) is 0 Å². The second-order valence-electron chi connectivity index (χ2n) is 6.21. The highest BCUT2D eigenvalue weighted by Crippen LogP contribution is 2.35. The molecule has 0 aromatic rings. The molecule has 116 valence electrons. The molecule has 4 atom stereocenters. The lowest BCUT2D eigenvalue weighted by molar-refractivity contribution is -0.148. The number of methoxy groups -OCH3 is 1. The summed E-state index contributed by atoms with van der Waals surface area (Å²) in [5, 5.41) is 3.37. The van der Waals surface area contributed by atoms with Gasteiger partial charge in [0.2, 0.25) is 0 Å². The summed E-state index contributed by atoms with van der Waals surface area (Å²) in [4.78, 5) is 14.6. The fraction of sp³-hybridized carbons (Fsp3) is 0.933. The first kappa shape index (κ1) is 15.7. The zero-order valence-electron chi connectivity index (χ0n) is 13.1. The van der Waals surface area contributed by atoms with Crippen LogP contribution in [0.5, 0.6) is 0 Å². The molecule has 0 amide bonds. The molecule has 2 rings (SSSR count). The summed E-state index contributed by atoms with van der Waals surface area (Å²) in [5.41, 5.74) is -0.487. The Labute approximate surface area is 122 Å². The van der Waals surface area contributed by atoms with Crippen LogP contribution in [-0.4, -0.2) is 61.4 Å². The van der Waals surface area contributed by atoms with Crippen LogP contribution in [0.3, 0.4) is 0 Å². The van der Waals surface area contributed by atoms with Gasteiger partial charge in [0.15, 0.2) is 0 Å². The van der Waals surface area contributed by atoms with Crippen molar-refractivity contribution in [3.63, 3.8) is 0 Å². The normalized spacial score (nSPS) is 38.9. The van der Waals surface area contributed by atoms with Crippen LogP contribution < -0.4 is 5.32 Å². The molecule has 0 spiro atoms. The second-order valence-corrected chi connectivity index (χ2v) is 6.21. The first-order valence-electron chi connectivity index (χ1n) is 7.73. The number of nitrogens with one attached hydrogen (secondary N) is 1. The Hall–Kier alpha value is -0.650. The first-order valence-corrected chi connectivity index (χ1v) is 7.73. The quantitative estimate of drug-likeness (QED) is 0.785. The molecule has 1 saturated carbocycles. The van der Waals surface area contributed by atoms with Crippen LogP contribution in [-0.2, 0) is 14.3 Å². The van der Waals surface area contributed by atoms with Gasteiger partial charge in [-0.25, -0.2) is 0 Å². The summed E-state index contributed by atoms with van der Waals surface area (Å²) in [6.45, 7) is 8.98. The van der Waals surface area contributed by atoms with E-state index in [1.165, 1.54) is 7.11 Å². The summed E-state index contributed by atoms with van der Waals surface area (Å²) in [7, 11) is 1.48. The van der Waals surface area contributed by atoms with Crippen molar-refractivity contribution in [2.75, 3.05) is 26.7 Å². The second kappa shape index (κ2) is 6.41. The zero-order chi connectivity index (χ0) is 14.8. The maximum absolute atomic E-state index is 12.2. The molecular weight excluding hydrogens is 256 g/mol. The molecule has 4 unspecified atom stereocenters. The highest BCUT2D eigenvalue weighted by Gasteiger charge is 2.47. The van der Waals surface area contributed by atoms with Crippen LogP contribution >= 0.6 is 0 Å². The predicted molar refractivity (Wildman–Crippen MR) is 77.6 cm³/mol. The SMILES string of the molecule is CCNC1(C(=O)OC)CCC(N2CC(C)OC(C)C2)C1. The highest BCUT2D eigenvalue weighted by atomic mass is 16.5. The van der Waals surface area contributed by atoms with Gasteiger partial charge in [0, 0.05) is 19.1 Å². The summed E-state index contributed by atoms with van der Waals surface area (Å²) in [6, 6.07) is 0.446. The van der Waals surface area contributed by atoms with E-state index in [2.05, 4.69) is 24.1 Å². The minimum atomic E-state index is -0.487. The van der Waals surface area contributed by atoms with E-state index < -0.39 is 5.54 Å². The topological polar surface area (TPSA) is 50.8 Å². The van der Waals surface area contributed by atoms with Gasteiger partial charge in [0.1, 0.15) is 5.54 Å². The van der Waals surface area contributed by atoms with E-state index in [-0.39, 0.29) is 18.2 Å². The van der Waals surface area contributed by atoms with Crippen molar-refractivity contribution in [3.05, 3.63) is 0 Å². The van der Waals surface area contributed by atoms with Crippen LogP contribution in [0.1, 0.15) is 40.0 Å². The first-order chi connectivity index (χ1) is 9.50. The molecule has 2 aliphatic rings. The molecule has 0 radical (unpaired) electrons. The highest BCUT2D eigenvalue weighted by molar-refractivity contribution is 5.81. The molecule has 1 N–H and O–H groups in total. The largest absolute Gasteiger partial charge is 0.468 e. The Morgan fingerprint density at radius 1 is 1.40 bits per heavy atom. The number of ether oxygens (including phenoxy) is 2. The molecule has 1 heterocycles. The maximum atomic E-state index is 12.2. The van der Waals surface area contributed by atoms with Crippen molar-refractivity contribution in [1.82, 2.24) is 10.2 Å². The fourth-order valence-corrected chi connectivity index (χ4v) is 3.80. The fourth-order valence-electron chi connectivity index (χ4n) is 3.80. The molecule has 0 aromatic heterocycles. The van der Waals surface area contributed by atoms with Gasteiger partial charge in [-0.3, -0.25) is 9.69 Å². The molecule has 1 aliphatic carbocycles. The molecular formula is C15H28N2O3. The number of rotatable bonds is 4. The van der Waals surface area contributed by atoms with Crippen molar-refractivity contribution in [1.29, 1.82) is 0 Å². The minimum Gasteiger partial charge on any atom is -0.468 e. The minimum absolute atomic E-state index is 0.115. The third-order valence-corrected chi connectivity index (χ3v) is 4.54. The van der Waals surface area contributed by atoms with Crippen LogP contribution in [0.25, 0.3) is 0 Å². The molecule has 1 saturated heterocycles. The van der Waals surface area contributed by atoms with Crippen molar-refractivity contribution in [2.24, 2.45) is 0 Å². The molecule has 5 nitrogen and oxygen atoms in total. The van der Waals surface area contributed by atoms with Crippen molar-refractivity contribution < 1.29 is 14.3 Å². The lowest BCUT2D eigenvalue weighted by Gasteiger charge is -2.39. The Balaban J connectivity index is 2.04. The predicted octanol–water partition coefficient (Wildman–Crippen LogP) is 1.17. The number of esters is 1. The van der Waals surface area contributed by atoms with Crippen LogP contribution in [0.4, 0.5) is 0 Å². The summed E-state index contributed by atoms with van der Waals surface area (Å²) < 4.78 is 10.8. The van der Waals surface area contributed by atoms with E-state index in [0.717, 1.165) is 38.9 Å². The van der Waals surface area contributed by atoms with Gasteiger partial charge in [0.25, 0.3) is 0 Å². The molecule has 0 bridgehead atoms. The van der Waals surface area contributed by atoms with Crippen molar-refractivity contribution in [2.45, 2.75) is 63.8 Å². The van der Waals surface area contributed by atoms with Crippen molar-refractivity contribution >= 4 is 5.97 Å². The number of carbonyl (C=O) groups excluding carboxylic acids is 1. The van der Waals surface area contributed by atoms with Gasteiger partial charge >= 0.3 is 5.97 Å². The number of hydrogen-bond acceptors (Lipinski definition) is 5. The van der Waals surface area contributed by atoms with E-state index in [0.29, 0.717) is 6.04 Å². The molecule has 20 heavy (non-hydrogen) atoms. The van der Waals surface area contributed by atoms with Gasteiger partial charge < -0.3 is 14.8 Å². The average Bonchev–Trinajstić information content (AvgIpc) is 2.83. The van der Waals surface area contributed by atoms with E-state index in [1.54, 1.807) is 0 Å². The number of likely N-dealkylation sites (N-methyl/N-ethyl adjacent to an activating group) is 1. The number of hydrogen-bond donors (Lipinski definition) is 1. The third kappa shape index (κ3) is 3.15. The average molecular weight is 284 g/mol. The van der Waals surface area contributed by atoms with Gasteiger partial charge in [-0.1, -0.05) is 6.92 Å². The van der Waals surface area contributed by atoms with Crippen molar-refractivity contribution in [3.8, 4) is 0 Å². The molecule has 1 aliphatic heterocycles. The Bertz CT molecular complexity index is 340. The standard InChI is InChI=1S/C15H28N2O3/c1-5-16-15(14(18)19-4)7-6-13(8-15)17-9-11(2)20-12(3)10-17/h11-13,16H,5-10H2,1-4H3. The summed E-state index contributed by atoms with van der Waals surface area (Å²) >= 11 is 0. The lowest BCUT2D eigenvalue weighted by atomic mass is 9.97. The monoisotopic (exact) mass is 284 g/mol. The van der Waals surface area contributed by atoms with E-state index in [1.807, 2.05) is 6.92 Å². The molecule has 2 fully saturated rings. The lowest BCUT2D eigenvalue weighted by Crippen LogP contribution is -2.54. The maximum Gasteiger partial charge on any atom is 0.326 e. The summed E-state index contributed by atoms with van der Waals surface area (Å²) in [6.07, 6.45) is 3.28. The number of morpholine rings is 1. The van der Waals surface area contributed by atoms with Gasteiger partial charge in [-0.2, -0.15) is 0 Å². The Kier molecular flexibility index (Phi) is 5.04. The number of nitrogens with zero attached hydrogens (tertiary/aromatic N) is 1. The summed E-state index contributed by atoms with van der Waals surface area (Å²) in [5.74, 6) is -0.115. The third-order valence-electron chi connectivity index (χ3n) is 4.54. The smallest absolute Gasteiger partial charge is 0.326 e. The van der Waals surface area contributed by atoms with E-state index in [4.69, 9.17) is 9.47 Å². The Morgan fingerprint density at radius 3 is 2.60 bits per heavy atom. The zero-order valence-corrected chi connectivity index (χ0v) is 13.1. The van der Waals surface area contributed by atoms with E-state index in [9.17, 15) is 4.79 Å². The molecule has 0 aromatic carbocycles. The Morgan fingerprint density at radius 2 is 2.05 bits per heavy atom. The molecule has 5 heteroatoms. The number of carbonyl (C=O) groups is 1. The van der Waals surface area contributed by atoms with Gasteiger partial charge in [0.05, 0.1) is 19.3 Å².